The fraction of sp³-hybridized carbons (Fsp3) is 0.667. The molecule has 1 aromatic carbocycles. The maximum atomic E-state index is 10.1. The summed E-state index contributed by atoms with van der Waals surface area (Å²) in [6.07, 6.45) is 2.42. The normalized spacial score (nSPS) is 24.0. The predicted octanol–water partition coefficient (Wildman–Crippen LogP) is 2.46. The average molecular weight is 290 g/mol. The van der Waals surface area contributed by atoms with Gasteiger partial charge in [0.25, 0.3) is 0 Å². The Hall–Kier alpha value is -0.900. The molecule has 1 aromatic rings. The van der Waals surface area contributed by atoms with Crippen molar-refractivity contribution < 1.29 is 5.11 Å². The van der Waals surface area contributed by atoms with Crippen molar-refractivity contribution in [2.75, 3.05) is 33.3 Å². The van der Waals surface area contributed by atoms with Crippen molar-refractivity contribution >= 4 is 0 Å². The van der Waals surface area contributed by atoms with Crippen LogP contribution >= 0.6 is 0 Å². The third-order valence-corrected chi connectivity index (χ3v) is 4.67. The van der Waals surface area contributed by atoms with E-state index in [0.717, 1.165) is 37.9 Å². The van der Waals surface area contributed by atoms with Crippen molar-refractivity contribution in [1.82, 2.24) is 10.2 Å². The Morgan fingerprint density at radius 2 is 2.00 bits per heavy atom. The third-order valence-electron chi connectivity index (χ3n) is 4.67. The van der Waals surface area contributed by atoms with E-state index in [1.165, 1.54) is 12.0 Å². The zero-order chi connectivity index (χ0) is 15.3. The number of aliphatic hydroxyl groups is 1. The maximum Gasteiger partial charge on any atom is 0.0797 e. The molecule has 0 amide bonds. The second-order valence-corrected chi connectivity index (χ2v) is 6.70. The monoisotopic (exact) mass is 290 g/mol. The Labute approximate surface area is 129 Å². The maximum absolute atomic E-state index is 10.1. The highest BCUT2D eigenvalue weighted by molar-refractivity contribution is 5.25. The molecule has 0 bridgehead atoms. The van der Waals surface area contributed by atoms with E-state index < -0.39 is 0 Å². The van der Waals surface area contributed by atoms with Crippen LogP contribution in [0.1, 0.15) is 32.3 Å². The number of hydrogen-bond acceptors (Lipinski definition) is 3. The van der Waals surface area contributed by atoms with Gasteiger partial charge in [-0.1, -0.05) is 44.2 Å². The lowest BCUT2D eigenvalue weighted by molar-refractivity contribution is 0.115. The summed E-state index contributed by atoms with van der Waals surface area (Å²) in [4.78, 5) is 2.38. The SMILES string of the molecule is CCCNC(CO)(CN(C)CC1CC1C)c1ccccc1. The molecule has 21 heavy (non-hydrogen) atoms. The van der Waals surface area contributed by atoms with Crippen LogP contribution in [0.5, 0.6) is 0 Å². The van der Waals surface area contributed by atoms with Crippen LogP contribution in [-0.2, 0) is 5.54 Å². The van der Waals surface area contributed by atoms with Gasteiger partial charge in [0.1, 0.15) is 0 Å². The van der Waals surface area contributed by atoms with Gasteiger partial charge in [0.15, 0.2) is 0 Å². The minimum atomic E-state index is -0.357. The summed E-state index contributed by atoms with van der Waals surface area (Å²) < 4.78 is 0. The van der Waals surface area contributed by atoms with Gasteiger partial charge >= 0.3 is 0 Å². The highest BCUT2D eigenvalue weighted by Gasteiger charge is 2.36. The van der Waals surface area contributed by atoms with E-state index in [0.29, 0.717) is 0 Å². The highest BCUT2D eigenvalue weighted by atomic mass is 16.3. The molecule has 3 atom stereocenters. The molecule has 3 unspecified atom stereocenters. The first kappa shape index (κ1) is 16.5. The Bertz CT molecular complexity index is 422. The van der Waals surface area contributed by atoms with Crippen molar-refractivity contribution in [1.29, 1.82) is 0 Å². The predicted molar refractivity (Wildman–Crippen MR) is 88.3 cm³/mol. The number of rotatable bonds is 9. The van der Waals surface area contributed by atoms with Gasteiger partial charge in [-0.25, -0.2) is 0 Å². The molecular formula is C18H30N2O. The van der Waals surface area contributed by atoms with Crippen LogP contribution in [0.3, 0.4) is 0 Å². The standard InChI is InChI=1S/C18H30N2O/c1-4-10-19-18(14-21,17-8-6-5-7-9-17)13-20(3)12-16-11-15(16)2/h5-9,15-16,19,21H,4,10-14H2,1-3H3. The molecule has 1 saturated carbocycles. The number of hydrogen-bond donors (Lipinski definition) is 2. The summed E-state index contributed by atoms with van der Waals surface area (Å²) in [5.74, 6) is 1.71. The Kier molecular flexibility index (Phi) is 5.80. The van der Waals surface area contributed by atoms with E-state index in [4.69, 9.17) is 0 Å². The van der Waals surface area contributed by atoms with E-state index in [9.17, 15) is 5.11 Å². The van der Waals surface area contributed by atoms with Crippen molar-refractivity contribution in [3.8, 4) is 0 Å². The van der Waals surface area contributed by atoms with Gasteiger partial charge in [-0.3, -0.25) is 0 Å². The van der Waals surface area contributed by atoms with Crippen LogP contribution in [0.15, 0.2) is 30.3 Å². The number of aliphatic hydroxyl groups excluding tert-OH is 1. The molecule has 1 aliphatic rings. The molecule has 2 N–H and O–H groups in total. The Balaban J connectivity index is 2.10. The van der Waals surface area contributed by atoms with Crippen LogP contribution in [-0.4, -0.2) is 43.3 Å². The quantitative estimate of drug-likeness (QED) is 0.733. The van der Waals surface area contributed by atoms with E-state index in [-0.39, 0.29) is 12.1 Å². The summed E-state index contributed by atoms with van der Waals surface area (Å²) in [6.45, 7) is 7.50. The van der Waals surface area contributed by atoms with E-state index in [1.54, 1.807) is 0 Å². The number of benzene rings is 1. The van der Waals surface area contributed by atoms with E-state index in [2.05, 4.69) is 55.4 Å². The van der Waals surface area contributed by atoms with Gasteiger partial charge in [0.05, 0.1) is 12.1 Å². The van der Waals surface area contributed by atoms with Gasteiger partial charge in [0, 0.05) is 13.1 Å². The summed E-state index contributed by atoms with van der Waals surface area (Å²) >= 11 is 0. The Morgan fingerprint density at radius 3 is 2.52 bits per heavy atom. The fourth-order valence-corrected chi connectivity index (χ4v) is 3.15. The van der Waals surface area contributed by atoms with Crippen LogP contribution in [0.2, 0.25) is 0 Å². The Morgan fingerprint density at radius 1 is 1.33 bits per heavy atom. The summed E-state index contributed by atoms with van der Waals surface area (Å²) in [5.41, 5.74) is 0.820. The molecule has 0 aromatic heterocycles. The van der Waals surface area contributed by atoms with E-state index >= 15 is 0 Å². The summed E-state index contributed by atoms with van der Waals surface area (Å²) in [6, 6.07) is 10.4. The zero-order valence-corrected chi connectivity index (χ0v) is 13.7. The van der Waals surface area contributed by atoms with Crippen molar-refractivity contribution in [2.45, 2.75) is 32.2 Å². The van der Waals surface area contributed by atoms with Gasteiger partial charge in [0.2, 0.25) is 0 Å². The lowest BCUT2D eigenvalue weighted by Crippen LogP contribution is -2.53. The van der Waals surface area contributed by atoms with Crippen molar-refractivity contribution in [3.63, 3.8) is 0 Å². The second-order valence-electron chi connectivity index (χ2n) is 6.70. The van der Waals surface area contributed by atoms with Crippen LogP contribution in [0.4, 0.5) is 0 Å². The molecule has 0 spiro atoms. The van der Waals surface area contributed by atoms with Gasteiger partial charge in [-0.05, 0) is 43.8 Å². The molecule has 1 fully saturated rings. The number of nitrogens with one attached hydrogen (secondary N) is 1. The van der Waals surface area contributed by atoms with Crippen LogP contribution in [0, 0.1) is 11.8 Å². The molecular weight excluding hydrogens is 260 g/mol. The number of likely N-dealkylation sites (N-methyl/N-ethyl adjacent to an activating group) is 1. The molecule has 3 nitrogen and oxygen atoms in total. The second kappa shape index (κ2) is 7.39. The first-order chi connectivity index (χ1) is 10.1. The number of nitrogens with zero attached hydrogens (tertiary/aromatic N) is 1. The van der Waals surface area contributed by atoms with Gasteiger partial charge in [-0.2, -0.15) is 0 Å². The molecule has 1 aliphatic carbocycles. The molecule has 2 rings (SSSR count). The van der Waals surface area contributed by atoms with Crippen molar-refractivity contribution in [2.24, 2.45) is 11.8 Å². The van der Waals surface area contributed by atoms with Crippen LogP contribution < -0.4 is 5.32 Å². The minimum absolute atomic E-state index is 0.127. The molecule has 3 heteroatoms. The summed E-state index contributed by atoms with van der Waals surface area (Å²) in [7, 11) is 2.17. The first-order valence-electron chi connectivity index (χ1n) is 8.21. The first-order valence-corrected chi connectivity index (χ1v) is 8.21. The highest BCUT2D eigenvalue weighted by Crippen LogP contribution is 2.38. The molecule has 0 heterocycles. The third kappa shape index (κ3) is 4.29. The topological polar surface area (TPSA) is 35.5 Å². The van der Waals surface area contributed by atoms with E-state index in [1.807, 2.05) is 6.07 Å². The molecule has 118 valence electrons. The fourth-order valence-electron chi connectivity index (χ4n) is 3.15. The smallest absolute Gasteiger partial charge is 0.0797 e. The van der Waals surface area contributed by atoms with Gasteiger partial charge in [-0.15, -0.1) is 0 Å². The lowest BCUT2D eigenvalue weighted by atomic mass is 9.89. The van der Waals surface area contributed by atoms with Crippen molar-refractivity contribution in [3.05, 3.63) is 35.9 Å². The van der Waals surface area contributed by atoms with Crippen LogP contribution in [0.25, 0.3) is 0 Å². The van der Waals surface area contributed by atoms with Gasteiger partial charge < -0.3 is 15.3 Å². The lowest BCUT2D eigenvalue weighted by Gasteiger charge is -2.37. The molecule has 0 aliphatic heterocycles. The molecule has 0 radical (unpaired) electrons. The zero-order valence-electron chi connectivity index (χ0n) is 13.7. The average Bonchev–Trinajstić information content (AvgIpc) is 3.19. The molecule has 0 saturated heterocycles. The largest absolute Gasteiger partial charge is 0.394 e. The summed E-state index contributed by atoms with van der Waals surface area (Å²) in [5, 5.41) is 13.7. The minimum Gasteiger partial charge on any atom is -0.394 e.